The number of rotatable bonds is 6. The number of carboxylic acid groups (broad SMARTS) is 1. The fourth-order valence-electron chi connectivity index (χ4n) is 0.667. The van der Waals surface area contributed by atoms with Crippen molar-refractivity contribution in [3.8, 4) is 12.3 Å². The minimum absolute atomic E-state index is 0.430. The van der Waals surface area contributed by atoms with Gasteiger partial charge in [-0.25, -0.2) is 0 Å². The van der Waals surface area contributed by atoms with Crippen LogP contribution in [0.4, 0.5) is 0 Å². The highest BCUT2D eigenvalue weighted by Gasteiger charge is 2.09. The van der Waals surface area contributed by atoms with Crippen LogP contribution >= 0.6 is 0 Å². The number of nitrogens with one attached hydrogen (secondary N) is 1. The van der Waals surface area contributed by atoms with E-state index in [1.54, 1.807) is 0 Å². The second kappa shape index (κ2) is 6.65. The minimum Gasteiger partial charge on any atom is -0.480 e. The Kier molecular flexibility index (Phi) is 6.07. The predicted octanol–water partition coefficient (Wildman–Crippen LogP) is -0.599. The second-order valence-electron chi connectivity index (χ2n) is 2.44. The van der Waals surface area contributed by atoms with Gasteiger partial charge in [0.1, 0.15) is 6.04 Å². The third-order valence-electron chi connectivity index (χ3n) is 1.40. The molecule has 0 bridgehead atoms. The summed E-state index contributed by atoms with van der Waals surface area (Å²) >= 11 is 0. The average Bonchev–Trinajstić information content (AvgIpc) is 2.03. The Hall–Kier alpha value is -1.05. The Morgan fingerprint density at radius 2 is 2.33 bits per heavy atom. The van der Waals surface area contributed by atoms with E-state index in [9.17, 15) is 4.79 Å². The average molecular weight is 170 g/mol. The van der Waals surface area contributed by atoms with E-state index >= 15 is 0 Å². The van der Waals surface area contributed by atoms with E-state index in [4.69, 9.17) is 17.3 Å². The van der Waals surface area contributed by atoms with Crippen LogP contribution in [-0.2, 0) is 4.79 Å². The maximum absolute atomic E-state index is 10.2. The number of aliphatic carboxylic acids is 1. The fraction of sp³-hybridized carbons (Fsp3) is 0.625. The van der Waals surface area contributed by atoms with Gasteiger partial charge in [0.2, 0.25) is 0 Å². The highest BCUT2D eigenvalue weighted by Crippen LogP contribution is 1.85. The van der Waals surface area contributed by atoms with Gasteiger partial charge in [-0.05, 0) is 13.0 Å². The van der Waals surface area contributed by atoms with Gasteiger partial charge in [-0.3, -0.25) is 4.79 Å². The summed E-state index contributed by atoms with van der Waals surface area (Å²) in [6, 6.07) is -0.775. The molecule has 4 N–H and O–H groups in total. The molecule has 4 nitrogen and oxygen atoms in total. The molecule has 0 aliphatic carbocycles. The highest BCUT2D eigenvalue weighted by atomic mass is 16.4. The van der Waals surface area contributed by atoms with Crippen LogP contribution in [-0.4, -0.2) is 30.2 Å². The van der Waals surface area contributed by atoms with Crippen LogP contribution < -0.4 is 11.1 Å². The van der Waals surface area contributed by atoms with Gasteiger partial charge < -0.3 is 16.2 Å². The largest absolute Gasteiger partial charge is 0.480 e. The number of carboxylic acids is 1. The first-order valence-electron chi connectivity index (χ1n) is 3.81. The number of hydrogen-bond acceptors (Lipinski definition) is 3. The topological polar surface area (TPSA) is 75.3 Å². The lowest BCUT2D eigenvalue weighted by Gasteiger charge is -2.05. The summed E-state index contributed by atoms with van der Waals surface area (Å²) in [6.45, 7) is 1.30. The number of terminal acetylenes is 1. The van der Waals surface area contributed by atoms with Gasteiger partial charge in [-0.1, -0.05) is 0 Å². The Balaban J connectivity index is 3.21. The van der Waals surface area contributed by atoms with E-state index in [0.717, 1.165) is 0 Å². The van der Waals surface area contributed by atoms with E-state index in [2.05, 4.69) is 11.2 Å². The maximum Gasteiger partial charge on any atom is 0.320 e. The summed E-state index contributed by atoms with van der Waals surface area (Å²) in [5.74, 6) is 1.50. The van der Waals surface area contributed by atoms with Crippen LogP contribution in [0.25, 0.3) is 0 Å². The molecule has 0 aliphatic rings. The van der Waals surface area contributed by atoms with Crippen LogP contribution in [0, 0.1) is 12.3 Å². The van der Waals surface area contributed by atoms with Gasteiger partial charge in [-0.15, -0.1) is 12.3 Å². The molecule has 0 radical (unpaired) electrons. The van der Waals surface area contributed by atoms with Crippen LogP contribution in [0.1, 0.15) is 12.8 Å². The van der Waals surface area contributed by atoms with Gasteiger partial charge in [0.15, 0.2) is 0 Å². The molecule has 1 atom stereocenters. The first kappa shape index (κ1) is 11.0. The second-order valence-corrected chi connectivity index (χ2v) is 2.44. The van der Waals surface area contributed by atoms with Crippen molar-refractivity contribution >= 4 is 5.97 Å². The van der Waals surface area contributed by atoms with Gasteiger partial charge in [0.05, 0.1) is 0 Å². The van der Waals surface area contributed by atoms with Gasteiger partial charge in [-0.2, -0.15) is 0 Å². The standard InChI is InChI=1S/C8H14N2O2/c1-2-3-5-10-6-4-7(9)8(11)12/h1,7,10H,3-6,9H2,(H,11,12)/t7-/m0/s1. The molecular formula is C8H14N2O2. The monoisotopic (exact) mass is 170 g/mol. The summed E-state index contributed by atoms with van der Waals surface area (Å²) < 4.78 is 0. The van der Waals surface area contributed by atoms with Crippen molar-refractivity contribution in [2.75, 3.05) is 13.1 Å². The molecular weight excluding hydrogens is 156 g/mol. The molecule has 0 aromatic carbocycles. The SMILES string of the molecule is C#CCCNCC[C@H](N)C(=O)O. The van der Waals surface area contributed by atoms with Crippen LogP contribution in [0.5, 0.6) is 0 Å². The third kappa shape index (κ3) is 5.71. The molecule has 68 valence electrons. The molecule has 0 aromatic heterocycles. The lowest BCUT2D eigenvalue weighted by Crippen LogP contribution is -2.33. The van der Waals surface area contributed by atoms with Crippen molar-refractivity contribution in [1.29, 1.82) is 0 Å². The lowest BCUT2D eigenvalue weighted by molar-refractivity contribution is -0.138. The molecule has 0 spiro atoms. The van der Waals surface area contributed by atoms with Crippen molar-refractivity contribution in [1.82, 2.24) is 5.32 Å². The molecule has 0 unspecified atom stereocenters. The Labute approximate surface area is 72.1 Å². The van der Waals surface area contributed by atoms with Crippen molar-refractivity contribution in [3.63, 3.8) is 0 Å². The molecule has 12 heavy (non-hydrogen) atoms. The predicted molar refractivity (Wildman–Crippen MR) is 46.5 cm³/mol. The normalized spacial score (nSPS) is 12.0. The van der Waals surface area contributed by atoms with Gasteiger partial charge in [0, 0.05) is 13.0 Å². The maximum atomic E-state index is 10.2. The molecule has 0 saturated carbocycles. The quantitative estimate of drug-likeness (QED) is 0.367. The summed E-state index contributed by atoms with van der Waals surface area (Å²) in [5, 5.41) is 11.4. The Morgan fingerprint density at radius 3 is 2.83 bits per heavy atom. The molecule has 4 heteroatoms. The van der Waals surface area contributed by atoms with E-state index in [-0.39, 0.29) is 0 Å². The van der Waals surface area contributed by atoms with Crippen LogP contribution in [0.2, 0.25) is 0 Å². The summed E-state index contributed by atoms with van der Waals surface area (Å²) in [7, 11) is 0. The molecule has 0 aliphatic heterocycles. The summed E-state index contributed by atoms with van der Waals surface area (Å²) in [4.78, 5) is 10.2. The number of carbonyl (C=O) groups is 1. The molecule has 0 heterocycles. The van der Waals surface area contributed by atoms with Crippen molar-refractivity contribution in [3.05, 3.63) is 0 Å². The third-order valence-corrected chi connectivity index (χ3v) is 1.40. The Bertz CT molecular complexity index is 174. The van der Waals surface area contributed by atoms with Crippen molar-refractivity contribution < 1.29 is 9.90 Å². The van der Waals surface area contributed by atoms with E-state index in [1.807, 2.05) is 0 Å². The first-order valence-corrected chi connectivity index (χ1v) is 3.81. The minimum atomic E-state index is -0.964. The van der Waals surface area contributed by atoms with E-state index < -0.39 is 12.0 Å². The zero-order chi connectivity index (χ0) is 9.40. The molecule has 0 saturated heterocycles. The van der Waals surface area contributed by atoms with Crippen molar-refractivity contribution in [2.45, 2.75) is 18.9 Å². The van der Waals surface area contributed by atoms with Crippen LogP contribution in [0.15, 0.2) is 0 Å². The lowest BCUT2D eigenvalue weighted by atomic mass is 10.2. The Morgan fingerprint density at radius 1 is 1.67 bits per heavy atom. The van der Waals surface area contributed by atoms with Crippen LogP contribution in [0.3, 0.4) is 0 Å². The van der Waals surface area contributed by atoms with E-state index in [1.165, 1.54) is 0 Å². The molecule has 0 amide bonds. The first-order chi connectivity index (χ1) is 5.68. The highest BCUT2D eigenvalue weighted by molar-refractivity contribution is 5.72. The number of nitrogens with two attached hydrogens (primary N) is 1. The fourth-order valence-corrected chi connectivity index (χ4v) is 0.667. The molecule has 0 aromatic rings. The summed E-state index contributed by atoms with van der Waals surface area (Å²) in [5.41, 5.74) is 5.25. The smallest absolute Gasteiger partial charge is 0.320 e. The van der Waals surface area contributed by atoms with E-state index in [0.29, 0.717) is 25.9 Å². The molecule has 0 fully saturated rings. The zero-order valence-electron chi connectivity index (χ0n) is 6.92. The van der Waals surface area contributed by atoms with Gasteiger partial charge in [0.25, 0.3) is 0 Å². The number of hydrogen-bond donors (Lipinski definition) is 3. The van der Waals surface area contributed by atoms with Gasteiger partial charge >= 0.3 is 5.97 Å². The molecule has 0 rings (SSSR count). The zero-order valence-corrected chi connectivity index (χ0v) is 6.92. The summed E-state index contributed by atoms with van der Waals surface area (Å²) in [6.07, 6.45) is 6.10. The van der Waals surface area contributed by atoms with Crippen molar-refractivity contribution in [2.24, 2.45) is 5.73 Å².